The zero-order valence-corrected chi connectivity index (χ0v) is 15.8. The van der Waals surface area contributed by atoms with E-state index >= 15 is 0 Å². The fourth-order valence-electron chi connectivity index (χ4n) is 4.76. The van der Waals surface area contributed by atoms with Crippen LogP contribution in [-0.2, 0) is 4.79 Å². The van der Waals surface area contributed by atoms with Crippen molar-refractivity contribution in [3.63, 3.8) is 0 Å². The fraction of sp³-hybridized carbons (Fsp3) is 0.217. The first-order valence-corrected chi connectivity index (χ1v) is 9.67. The van der Waals surface area contributed by atoms with Crippen LogP contribution in [0, 0.1) is 5.92 Å². The van der Waals surface area contributed by atoms with Crippen LogP contribution in [0.2, 0.25) is 0 Å². The highest BCUT2D eigenvalue weighted by Gasteiger charge is 2.48. The minimum atomic E-state index is -0.877. The topological polar surface area (TPSA) is 87.1 Å². The number of carbonyl (C=O) groups is 1. The minimum Gasteiger partial charge on any atom is -0.481 e. The summed E-state index contributed by atoms with van der Waals surface area (Å²) >= 11 is 0. The predicted molar refractivity (Wildman–Crippen MR) is 104 cm³/mol. The van der Waals surface area contributed by atoms with Gasteiger partial charge in [0.1, 0.15) is 0 Å². The van der Waals surface area contributed by atoms with Crippen LogP contribution in [-0.4, -0.2) is 29.6 Å². The summed E-state index contributed by atoms with van der Waals surface area (Å²) in [6.45, 7) is 0.338. The third-order valence-electron chi connectivity index (χ3n) is 6.02. The number of fused-ring (bicyclic) bond motifs is 3. The fourth-order valence-corrected chi connectivity index (χ4v) is 4.76. The summed E-state index contributed by atoms with van der Waals surface area (Å²) in [6.07, 6.45) is 1.71. The Hall–Kier alpha value is -3.74. The summed E-state index contributed by atoms with van der Waals surface area (Å²) in [5.41, 5.74) is 3.39. The van der Waals surface area contributed by atoms with Crippen molar-refractivity contribution in [1.29, 1.82) is 0 Å². The number of pyridine rings is 1. The molecule has 3 heterocycles. The monoisotopic (exact) mass is 403 g/mol. The van der Waals surface area contributed by atoms with Crippen LogP contribution in [0.3, 0.4) is 0 Å². The molecule has 30 heavy (non-hydrogen) atoms. The van der Waals surface area contributed by atoms with E-state index < -0.39 is 17.8 Å². The van der Waals surface area contributed by atoms with Crippen molar-refractivity contribution in [3.8, 4) is 23.0 Å². The van der Waals surface area contributed by atoms with E-state index in [-0.39, 0.29) is 19.5 Å². The van der Waals surface area contributed by atoms with Gasteiger partial charge >= 0.3 is 5.97 Å². The lowest BCUT2D eigenvalue weighted by molar-refractivity contribution is -0.142. The quantitative estimate of drug-likeness (QED) is 0.716. The summed E-state index contributed by atoms with van der Waals surface area (Å²) in [7, 11) is 0. The van der Waals surface area contributed by atoms with Gasteiger partial charge in [-0.2, -0.15) is 0 Å². The largest absolute Gasteiger partial charge is 0.481 e. The number of rotatable bonds is 3. The third-order valence-corrected chi connectivity index (χ3v) is 6.02. The number of aliphatic carboxylic acids is 1. The number of carboxylic acids is 1. The lowest BCUT2D eigenvalue weighted by Gasteiger charge is -2.22. The molecule has 3 atom stereocenters. The number of aromatic nitrogens is 1. The summed E-state index contributed by atoms with van der Waals surface area (Å²) in [5, 5.41) is 10.3. The second-order valence-electron chi connectivity index (χ2n) is 7.52. The molecule has 2 aliphatic heterocycles. The van der Waals surface area contributed by atoms with Crippen molar-refractivity contribution in [3.05, 3.63) is 77.1 Å². The number of hydrogen-bond acceptors (Lipinski definition) is 6. The van der Waals surface area contributed by atoms with E-state index in [0.717, 1.165) is 22.4 Å². The zero-order valence-electron chi connectivity index (χ0n) is 15.8. The predicted octanol–water partition coefficient (Wildman–Crippen LogP) is 3.52. The summed E-state index contributed by atoms with van der Waals surface area (Å²) in [6, 6.07) is 15.0. The van der Waals surface area contributed by atoms with Gasteiger partial charge in [0, 0.05) is 18.0 Å². The Bertz CT molecular complexity index is 1090. The zero-order chi connectivity index (χ0) is 20.2. The lowest BCUT2D eigenvalue weighted by atomic mass is 9.80. The van der Waals surface area contributed by atoms with Crippen molar-refractivity contribution >= 4 is 5.97 Å². The number of benzene rings is 2. The molecule has 2 aromatic carbocycles. The van der Waals surface area contributed by atoms with Crippen LogP contribution >= 0.6 is 0 Å². The second kappa shape index (κ2) is 6.38. The number of ether oxygens (including phenoxy) is 4. The average molecular weight is 403 g/mol. The van der Waals surface area contributed by atoms with Crippen LogP contribution in [0.15, 0.2) is 54.7 Å². The molecule has 0 saturated carbocycles. The molecule has 150 valence electrons. The van der Waals surface area contributed by atoms with Crippen LogP contribution in [0.25, 0.3) is 0 Å². The molecule has 3 aliphatic rings. The van der Waals surface area contributed by atoms with E-state index in [9.17, 15) is 9.90 Å². The molecular formula is C23H17NO6. The normalized spacial score (nSPS) is 22.7. The van der Waals surface area contributed by atoms with Crippen LogP contribution in [0.5, 0.6) is 23.0 Å². The molecule has 0 radical (unpaired) electrons. The molecule has 0 saturated heterocycles. The van der Waals surface area contributed by atoms with Crippen molar-refractivity contribution < 1.29 is 28.8 Å². The Kier molecular flexibility index (Phi) is 3.65. The van der Waals surface area contributed by atoms with E-state index in [0.29, 0.717) is 23.0 Å². The smallest absolute Gasteiger partial charge is 0.308 e. The van der Waals surface area contributed by atoms with Gasteiger partial charge in [-0.15, -0.1) is 0 Å². The molecule has 0 fully saturated rings. The maximum atomic E-state index is 12.6. The first-order chi connectivity index (χ1) is 14.7. The van der Waals surface area contributed by atoms with Crippen LogP contribution < -0.4 is 18.9 Å². The van der Waals surface area contributed by atoms with Gasteiger partial charge in [-0.05, 0) is 47.0 Å². The minimum absolute atomic E-state index is 0.167. The van der Waals surface area contributed by atoms with E-state index in [2.05, 4.69) is 4.98 Å². The van der Waals surface area contributed by atoms with Gasteiger partial charge in [0.05, 0.1) is 11.6 Å². The highest BCUT2D eigenvalue weighted by atomic mass is 16.7. The number of nitrogens with zero attached hydrogens (tertiary/aromatic N) is 1. The summed E-state index contributed by atoms with van der Waals surface area (Å²) < 4.78 is 21.9. The summed E-state index contributed by atoms with van der Waals surface area (Å²) in [5.74, 6) is 0.211. The molecule has 0 spiro atoms. The number of carboxylic acid groups (broad SMARTS) is 1. The lowest BCUT2D eigenvalue weighted by Crippen LogP contribution is -2.24. The van der Waals surface area contributed by atoms with Gasteiger partial charge in [0.15, 0.2) is 23.0 Å². The van der Waals surface area contributed by atoms with Crippen LogP contribution in [0.4, 0.5) is 0 Å². The first-order valence-electron chi connectivity index (χ1n) is 9.67. The van der Waals surface area contributed by atoms with Crippen LogP contribution in [0.1, 0.15) is 34.2 Å². The highest BCUT2D eigenvalue weighted by Crippen LogP contribution is 2.53. The Balaban J connectivity index is 1.52. The van der Waals surface area contributed by atoms with Gasteiger partial charge in [-0.1, -0.05) is 18.2 Å². The highest BCUT2D eigenvalue weighted by molar-refractivity contribution is 5.77. The molecule has 0 amide bonds. The maximum Gasteiger partial charge on any atom is 0.308 e. The molecule has 0 bridgehead atoms. The number of hydrogen-bond donors (Lipinski definition) is 1. The van der Waals surface area contributed by atoms with E-state index in [4.69, 9.17) is 18.9 Å². The average Bonchev–Trinajstić information content (AvgIpc) is 3.48. The molecule has 1 aliphatic carbocycles. The van der Waals surface area contributed by atoms with Gasteiger partial charge in [0.2, 0.25) is 13.6 Å². The Morgan fingerprint density at radius 2 is 1.43 bits per heavy atom. The SMILES string of the molecule is O=C(O)C1C(c2ccc3c(c2)OCO3)c2cccnc2C1c1ccc2c(c1)OCO2. The van der Waals surface area contributed by atoms with E-state index in [1.165, 1.54) is 0 Å². The molecule has 1 N–H and O–H groups in total. The molecule has 3 aromatic rings. The van der Waals surface area contributed by atoms with E-state index in [1.54, 1.807) is 6.20 Å². The molecular weight excluding hydrogens is 386 g/mol. The van der Waals surface area contributed by atoms with Gasteiger partial charge in [-0.25, -0.2) is 0 Å². The van der Waals surface area contributed by atoms with E-state index in [1.807, 2.05) is 48.5 Å². The second-order valence-corrected chi connectivity index (χ2v) is 7.52. The Labute approximate surface area is 171 Å². The molecule has 3 unspecified atom stereocenters. The third kappa shape index (κ3) is 2.45. The van der Waals surface area contributed by atoms with Crippen molar-refractivity contribution in [1.82, 2.24) is 4.98 Å². The molecule has 1 aromatic heterocycles. The Morgan fingerprint density at radius 1 is 0.833 bits per heavy atom. The molecule has 6 rings (SSSR count). The van der Waals surface area contributed by atoms with Gasteiger partial charge < -0.3 is 24.1 Å². The maximum absolute atomic E-state index is 12.6. The van der Waals surface area contributed by atoms with Gasteiger partial charge in [-0.3, -0.25) is 9.78 Å². The summed E-state index contributed by atoms with van der Waals surface area (Å²) in [4.78, 5) is 17.2. The van der Waals surface area contributed by atoms with Crippen molar-refractivity contribution in [2.45, 2.75) is 11.8 Å². The van der Waals surface area contributed by atoms with Gasteiger partial charge in [0.25, 0.3) is 0 Å². The van der Waals surface area contributed by atoms with Crippen molar-refractivity contribution in [2.75, 3.05) is 13.6 Å². The molecule has 7 nitrogen and oxygen atoms in total. The van der Waals surface area contributed by atoms with Crippen molar-refractivity contribution in [2.24, 2.45) is 5.92 Å². The molecule has 7 heteroatoms. The Morgan fingerprint density at radius 3 is 2.07 bits per heavy atom. The standard InChI is InChI=1S/C23H17NO6/c25-23(26)21-19(12-3-5-15-17(8-12)29-10-27-15)14-2-1-7-24-22(14)20(21)13-4-6-16-18(9-13)30-11-28-16/h1-9,19-21H,10-11H2,(H,25,26). The first kappa shape index (κ1) is 17.1.